The molecule has 0 aliphatic carbocycles. The van der Waals surface area contributed by atoms with Gasteiger partial charge in [0.05, 0.1) is 11.0 Å². The van der Waals surface area contributed by atoms with Crippen molar-refractivity contribution in [3.05, 3.63) is 30.1 Å². The van der Waals surface area contributed by atoms with Gasteiger partial charge in [-0.2, -0.15) is 0 Å². The van der Waals surface area contributed by atoms with Crippen molar-refractivity contribution in [3.8, 4) is 0 Å². The number of nitrogens with one attached hydrogen (secondary N) is 2. The van der Waals surface area contributed by atoms with E-state index in [0.29, 0.717) is 12.5 Å². The van der Waals surface area contributed by atoms with Gasteiger partial charge in [0.1, 0.15) is 12.4 Å². The summed E-state index contributed by atoms with van der Waals surface area (Å²) in [6.07, 6.45) is 1.14. The molecule has 0 amide bonds. The summed E-state index contributed by atoms with van der Waals surface area (Å²) in [4.78, 5) is 9.30. The number of aryl methyl sites for hydroxylation is 1. The van der Waals surface area contributed by atoms with Crippen LogP contribution >= 0.6 is 0 Å². The zero-order chi connectivity index (χ0) is 15.9. The molecule has 5 heteroatoms. The highest BCUT2D eigenvalue weighted by molar-refractivity contribution is 5.80. The number of aromatic nitrogens is 2. The van der Waals surface area contributed by atoms with Crippen LogP contribution in [0.5, 0.6) is 0 Å². The number of aliphatic imine (C=N–C) groups is 1. The number of nitrogens with zero attached hydrogens (tertiary/aromatic N) is 3. The van der Waals surface area contributed by atoms with Gasteiger partial charge in [0.25, 0.3) is 0 Å². The number of rotatable bonds is 6. The van der Waals surface area contributed by atoms with Crippen molar-refractivity contribution in [1.82, 2.24) is 20.2 Å². The lowest BCUT2D eigenvalue weighted by Crippen LogP contribution is -2.38. The molecule has 0 saturated carbocycles. The van der Waals surface area contributed by atoms with Gasteiger partial charge in [0, 0.05) is 20.1 Å². The molecule has 0 fully saturated rings. The van der Waals surface area contributed by atoms with Crippen molar-refractivity contribution >= 4 is 17.0 Å². The molecule has 0 spiro atoms. The summed E-state index contributed by atoms with van der Waals surface area (Å²) < 4.78 is 2.11. The fraction of sp³-hybridized carbons (Fsp3) is 0.529. The zero-order valence-corrected chi connectivity index (χ0v) is 14.1. The normalized spacial score (nSPS) is 12.1. The third-order valence-electron chi connectivity index (χ3n) is 3.62. The molecule has 0 radical (unpaired) electrons. The second-order valence-electron chi connectivity index (χ2n) is 5.88. The quantitative estimate of drug-likeness (QED) is 0.637. The van der Waals surface area contributed by atoms with Crippen molar-refractivity contribution in [1.29, 1.82) is 0 Å². The fourth-order valence-corrected chi connectivity index (χ4v) is 2.31. The average molecular weight is 301 g/mol. The number of hydrogen-bond donors (Lipinski definition) is 2. The molecule has 0 saturated heterocycles. The molecular weight excluding hydrogens is 274 g/mol. The minimum Gasteiger partial charge on any atom is -0.357 e. The lowest BCUT2D eigenvalue weighted by atomic mass is 10.1. The predicted octanol–water partition coefficient (Wildman–Crippen LogP) is 2.67. The summed E-state index contributed by atoms with van der Waals surface area (Å²) in [5.41, 5.74) is 2.17. The molecule has 1 aromatic carbocycles. The summed E-state index contributed by atoms with van der Waals surface area (Å²) in [6, 6.07) is 8.17. The van der Waals surface area contributed by atoms with Crippen LogP contribution in [-0.4, -0.2) is 28.6 Å². The Hall–Kier alpha value is -2.04. The van der Waals surface area contributed by atoms with Crippen molar-refractivity contribution in [3.63, 3.8) is 0 Å². The van der Waals surface area contributed by atoms with E-state index in [2.05, 4.69) is 52.0 Å². The number of para-hydroxylation sites is 2. The van der Waals surface area contributed by atoms with Crippen LogP contribution in [0.3, 0.4) is 0 Å². The van der Waals surface area contributed by atoms with Gasteiger partial charge in [0.15, 0.2) is 5.96 Å². The standard InChI is InChI=1S/C17H27N5/c1-5-18-17(19-11-10-13(2)3)20-12-16-21-14-8-6-7-9-15(14)22(16)4/h6-9,13H,5,10-12H2,1-4H3,(H2,18,19,20). The van der Waals surface area contributed by atoms with E-state index in [1.54, 1.807) is 0 Å². The van der Waals surface area contributed by atoms with Gasteiger partial charge < -0.3 is 15.2 Å². The van der Waals surface area contributed by atoms with Crippen LogP contribution < -0.4 is 10.6 Å². The van der Waals surface area contributed by atoms with Gasteiger partial charge in [-0.15, -0.1) is 0 Å². The first-order valence-electron chi connectivity index (χ1n) is 8.04. The van der Waals surface area contributed by atoms with E-state index in [1.165, 1.54) is 0 Å². The highest BCUT2D eigenvalue weighted by Gasteiger charge is 2.06. The number of imidazole rings is 1. The maximum Gasteiger partial charge on any atom is 0.191 e. The van der Waals surface area contributed by atoms with Gasteiger partial charge in [-0.05, 0) is 31.4 Å². The number of hydrogen-bond acceptors (Lipinski definition) is 2. The minimum absolute atomic E-state index is 0.572. The van der Waals surface area contributed by atoms with Crippen molar-refractivity contribution < 1.29 is 0 Å². The minimum atomic E-state index is 0.572. The molecule has 2 N–H and O–H groups in total. The highest BCUT2D eigenvalue weighted by Crippen LogP contribution is 2.14. The first kappa shape index (κ1) is 16.3. The lowest BCUT2D eigenvalue weighted by Gasteiger charge is -2.12. The summed E-state index contributed by atoms with van der Waals surface area (Å²) in [7, 11) is 2.04. The molecule has 0 unspecified atom stereocenters. The fourth-order valence-electron chi connectivity index (χ4n) is 2.31. The van der Waals surface area contributed by atoms with E-state index in [4.69, 9.17) is 0 Å². The second kappa shape index (κ2) is 7.82. The summed E-state index contributed by atoms with van der Waals surface area (Å²) in [5, 5.41) is 6.66. The van der Waals surface area contributed by atoms with Crippen LogP contribution in [0.25, 0.3) is 11.0 Å². The molecule has 0 bridgehead atoms. The highest BCUT2D eigenvalue weighted by atomic mass is 15.2. The van der Waals surface area contributed by atoms with E-state index in [-0.39, 0.29) is 0 Å². The molecule has 0 atom stereocenters. The maximum absolute atomic E-state index is 4.65. The largest absolute Gasteiger partial charge is 0.357 e. The Labute approximate surface area is 132 Å². The molecule has 0 aliphatic rings. The summed E-state index contributed by atoms with van der Waals surface area (Å²) in [5.74, 6) is 2.52. The van der Waals surface area contributed by atoms with Crippen LogP contribution in [-0.2, 0) is 13.6 Å². The number of guanidine groups is 1. The molecular formula is C17H27N5. The van der Waals surface area contributed by atoms with E-state index in [9.17, 15) is 0 Å². The van der Waals surface area contributed by atoms with Crippen LogP contribution in [0.1, 0.15) is 33.0 Å². The Morgan fingerprint density at radius 2 is 2.05 bits per heavy atom. The summed E-state index contributed by atoms with van der Waals surface area (Å²) >= 11 is 0. The predicted molar refractivity (Wildman–Crippen MR) is 93.0 cm³/mol. The molecule has 2 aromatic rings. The summed E-state index contributed by atoms with van der Waals surface area (Å²) in [6.45, 7) is 8.90. The van der Waals surface area contributed by atoms with Gasteiger partial charge in [-0.1, -0.05) is 26.0 Å². The average Bonchev–Trinajstić information content (AvgIpc) is 2.81. The second-order valence-corrected chi connectivity index (χ2v) is 5.88. The molecule has 1 aromatic heterocycles. The van der Waals surface area contributed by atoms with Crippen LogP contribution in [0.15, 0.2) is 29.3 Å². The van der Waals surface area contributed by atoms with Gasteiger partial charge in [-0.25, -0.2) is 9.98 Å². The Balaban J connectivity index is 2.06. The molecule has 0 aliphatic heterocycles. The number of fused-ring (bicyclic) bond motifs is 1. The third kappa shape index (κ3) is 4.23. The van der Waals surface area contributed by atoms with Gasteiger partial charge >= 0.3 is 0 Å². The van der Waals surface area contributed by atoms with Crippen molar-refractivity contribution in [2.45, 2.75) is 33.7 Å². The van der Waals surface area contributed by atoms with E-state index in [1.807, 2.05) is 25.2 Å². The van der Waals surface area contributed by atoms with Crippen LogP contribution in [0.2, 0.25) is 0 Å². The van der Waals surface area contributed by atoms with E-state index in [0.717, 1.165) is 42.3 Å². The van der Waals surface area contributed by atoms with E-state index >= 15 is 0 Å². The monoisotopic (exact) mass is 301 g/mol. The Kier molecular flexibility index (Phi) is 5.81. The van der Waals surface area contributed by atoms with Crippen molar-refractivity contribution in [2.75, 3.05) is 13.1 Å². The first-order valence-corrected chi connectivity index (χ1v) is 8.04. The Morgan fingerprint density at radius 1 is 1.27 bits per heavy atom. The smallest absolute Gasteiger partial charge is 0.191 e. The molecule has 22 heavy (non-hydrogen) atoms. The van der Waals surface area contributed by atoms with Gasteiger partial charge in [-0.3, -0.25) is 0 Å². The molecule has 2 rings (SSSR count). The third-order valence-corrected chi connectivity index (χ3v) is 3.62. The zero-order valence-electron chi connectivity index (χ0n) is 14.1. The first-order chi connectivity index (χ1) is 10.6. The van der Waals surface area contributed by atoms with Crippen molar-refractivity contribution in [2.24, 2.45) is 18.0 Å². The van der Waals surface area contributed by atoms with Crippen LogP contribution in [0, 0.1) is 5.92 Å². The molecule has 1 heterocycles. The van der Waals surface area contributed by atoms with E-state index < -0.39 is 0 Å². The van der Waals surface area contributed by atoms with Gasteiger partial charge in [0.2, 0.25) is 0 Å². The van der Waals surface area contributed by atoms with Crippen LogP contribution in [0.4, 0.5) is 0 Å². The number of benzene rings is 1. The molecule has 5 nitrogen and oxygen atoms in total. The molecule has 120 valence electrons. The SMILES string of the molecule is CCNC(=NCc1nc2ccccc2n1C)NCCC(C)C. The maximum atomic E-state index is 4.65. The Morgan fingerprint density at radius 3 is 2.73 bits per heavy atom. The topological polar surface area (TPSA) is 54.2 Å². The Bertz CT molecular complexity index is 627. The lowest BCUT2D eigenvalue weighted by molar-refractivity contribution is 0.573.